The first-order valence-electron chi connectivity index (χ1n) is 11.4. The highest BCUT2D eigenvalue weighted by atomic mass is 32.1. The summed E-state index contributed by atoms with van der Waals surface area (Å²) in [5, 5.41) is 5.35. The largest absolute Gasteiger partial charge is 0.308 e. The normalized spacial score (nSPS) is 12.7. The van der Waals surface area contributed by atoms with Gasteiger partial charge in [-0.05, 0) is 59.0 Å². The molecule has 0 bridgehead atoms. The second-order valence-electron chi connectivity index (χ2n) is 8.97. The van der Waals surface area contributed by atoms with Crippen LogP contribution in [0.4, 0.5) is 0 Å². The van der Waals surface area contributed by atoms with Crippen molar-refractivity contribution in [3.63, 3.8) is 0 Å². The number of para-hydroxylation sites is 1. The van der Waals surface area contributed by atoms with E-state index in [9.17, 15) is 0 Å². The van der Waals surface area contributed by atoms with Crippen molar-refractivity contribution in [2.75, 3.05) is 0 Å². The Morgan fingerprint density at radius 2 is 1.33 bits per heavy atom. The summed E-state index contributed by atoms with van der Waals surface area (Å²) >= 11 is 1.90. The summed E-state index contributed by atoms with van der Waals surface area (Å²) < 4.78 is 5.18. The van der Waals surface area contributed by atoms with E-state index in [4.69, 9.17) is 0 Å². The molecule has 2 heteroatoms. The number of nitrogens with zero attached hydrogens (tertiary/aromatic N) is 1. The first-order chi connectivity index (χ1) is 16.4. The van der Waals surface area contributed by atoms with Gasteiger partial charge < -0.3 is 4.57 Å². The predicted molar refractivity (Wildman–Crippen MR) is 142 cm³/mol. The first kappa shape index (κ1) is 17.6. The van der Waals surface area contributed by atoms with Crippen LogP contribution in [-0.4, -0.2) is 4.57 Å². The molecule has 1 aliphatic rings. The monoisotopic (exact) mass is 437 g/mol. The number of hydrogen-bond acceptors (Lipinski definition) is 1. The van der Waals surface area contributed by atoms with Gasteiger partial charge in [0.1, 0.15) is 0 Å². The lowest BCUT2D eigenvalue weighted by Crippen LogP contribution is -1.94. The second kappa shape index (κ2) is 6.34. The molecule has 0 saturated heterocycles. The highest BCUT2D eigenvalue weighted by Gasteiger charge is 2.22. The quantitative estimate of drug-likeness (QED) is 0.242. The van der Waals surface area contributed by atoms with Crippen molar-refractivity contribution in [3.05, 3.63) is 114 Å². The van der Waals surface area contributed by atoms with Crippen LogP contribution in [0.5, 0.6) is 0 Å². The third-order valence-electron chi connectivity index (χ3n) is 7.21. The third kappa shape index (κ3) is 2.31. The number of thiophene rings is 1. The summed E-state index contributed by atoms with van der Waals surface area (Å²) in [4.78, 5) is 0. The summed E-state index contributed by atoms with van der Waals surface area (Å²) in [5.41, 5.74) is 9.46. The lowest BCUT2D eigenvalue weighted by molar-refractivity contribution is 1.20. The zero-order chi connectivity index (χ0) is 21.5. The fourth-order valence-corrected chi connectivity index (χ4v) is 6.97. The van der Waals surface area contributed by atoms with E-state index in [0.29, 0.717) is 0 Å². The maximum atomic E-state index is 2.49. The van der Waals surface area contributed by atoms with Gasteiger partial charge in [0.15, 0.2) is 0 Å². The van der Waals surface area contributed by atoms with Gasteiger partial charge in [-0.3, -0.25) is 0 Å². The van der Waals surface area contributed by atoms with Gasteiger partial charge in [0.2, 0.25) is 0 Å². The molecule has 1 aliphatic carbocycles. The molecule has 0 aliphatic heterocycles. The first-order valence-corrected chi connectivity index (χ1v) is 12.2. The molecule has 2 aromatic heterocycles. The van der Waals surface area contributed by atoms with Crippen LogP contribution in [-0.2, 0) is 6.42 Å². The molecule has 154 valence electrons. The summed E-state index contributed by atoms with van der Waals surface area (Å²) in [6, 6.07) is 38.1. The SMILES string of the molecule is c1ccc2c(c1)Cc1cc3c4ccccc4n(-c4cccc5c4sc4ccccc45)c3cc1-2. The smallest absolute Gasteiger partial charge is 0.0640 e. The van der Waals surface area contributed by atoms with Gasteiger partial charge in [0.25, 0.3) is 0 Å². The van der Waals surface area contributed by atoms with E-state index in [-0.39, 0.29) is 0 Å². The van der Waals surface area contributed by atoms with Gasteiger partial charge in [-0.1, -0.05) is 72.8 Å². The summed E-state index contributed by atoms with van der Waals surface area (Å²) in [7, 11) is 0. The Morgan fingerprint density at radius 3 is 2.30 bits per heavy atom. The number of hydrogen-bond donors (Lipinski definition) is 0. The van der Waals surface area contributed by atoms with Crippen LogP contribution in [0.15, 0.2) is 103 Å². The molecule has 7 aromatic rings. The van der Waals surface area contributed by atoms with E-state index in [1.807, 2.05) is 11.3 Å². The zero-order valence-corrected chi connectivity index (χ0v) is 18.7. The third-order valence-corrected chi connectivity index (χ3v) is 8.42. The van der Waals surface area contributed by atoms with Crippen LogP contribution in [0.3, 0.4) is 0 Å². The molecule has 1 nitrogen and oxygen atoms in total. The van der Waals surface area contributed by atoms with Crippen LogP contribution in [0.2, 0.25) is 0 Å². The van der Waals surface area contributed by atoms with Gasteiger partial charge in [-0.15, -0.1) is 11.3 Å². The van der Waals surface area contributed by atoms with Gasteiger partial charge in [-0.2, -0.15) is 0 Å². The van der Waals surface area contributed by atoms with Crippen LogP contribution >= 0.6 is 11.3 Å². The Balaban J connectivity index is 1.53. The fourth-order valence-electron chi connectivity index (χ4n) is 5.77. The predicted octanol–water partition coefficient (Wildman–Crippen LogP) is 8.72. The average molecular weight is 438 g/mol. The number of fused-ring (bicyclic) bond motifs is 9. The van der Waals surface area contributed by atoms with Crippen molar-refractivity contribution in [3.8, 4) is 16.8 Å². The molecule has 0 atom stereocenters. The summed E-state index contributed by atoms with van der Waals surface area (Å²) in [6.45, 7) is 0. The number of benzene rings is 5. The minimum atomic E-state index is 1.02. The molecule has 5 aromatic carbocycles. The molecule has 0 N–H and O–H groups in total. The molecule has 0 unspecified atom stereocenters. The van der Waals surface area contributed by atoms with E-state index in [0.717, 1.165) is 6.42 Å². The molecule has 33 heavy (non-hydrogen) atoms. The minimum absolute atomic E-state index is 1.02. The average Bonchev–Trinajstić information content (AvgIpc) is 3.52. The van der Waals surface area contributed by atoms with Crippen molar-refractivity contribution < 1.29 is 0 Å². The van der Waals surface area contributed by atoms with Crippen molar-refractivity contribution in [1.82, 2.24) is 4.57 Å². The topological polar surface area (TPSA) is 4.93 Å². The van der Waals surface area contributed by atoms with E-state index in [1.54, 1.807) is 0 Å². The van der Waals surface area contributed by atoms with E-state index >= 15 is 0 Å². The van der Waals surface area contributed by atoms with E-state index < -0.39 is 0 Å². The van der Waals surface area contributed by atoms with Crippen LogP contribution in [0.25, 0.3) is 58.8 Å². The fraction of sp³-hybridized carbons (Fsp3) is 0.0323. The van der Waals surface area contributed by atoms with Crippen molar-refractivity contribution in [1.29, 1.82) is 0 Å². The van der Waals surface area contributed by atoms with E-state index in [2.05, 4.69) is 108 Å². The minimum Gasteiger partial charge on any atom is -0.308 e. The highest BCUT2D eigenvalue weighted by Crippen LogP contribution is 2.44. The molecule has 0 amide bonds. The Hall–Kier alpha value is -3.88. The number of rotatable bonds is 1. The summed E-state index contributed by atoms with van der Waals surface area (Å²) in [6.07, 6.45) is 1.02. The van der Waals surface area contributed by atoms with Crippen LogP contribution in [0.1, 0.15) is 11.1 Å². The van der Waals surface area contributed by atoms with E-state index in [1.165, 1.54) is 69.9 Å². The van der Waals surface area contributed by atoms with Crippen molar-refractivity contribution in [2.45, 2.75) is 6.42 Å². The molecule has 0 saturated carbocycles. The van der Waals surface area contributed by atoms with Gasteiger partial charge in [-0.25, -0.2) is 0 Å². The van der Waals surface area contributed by atoms with Crippen LogP contribution in [0, 0.1) is 0 Å². The number of aromatic nitrogens is 1. The van der Waals surface area contributed by atoms with Gasteiger partial charge >= 0.3 is 0 Å². The Bertz CT molecular complexity index is 1900. The maximum Gasteiger partial charge on any atom is 0.0640 e. The standard InChI is InChI=1S/C31H19NS/c1-2-9-21-19(8-1)16-20-17-26-22-10-3-5-13-27(22)32(29(26)18-25(20)21)28-14-7-12-24-23-11-4-6-15-30(23)33-31(24)28/h1-15,17-18H,16H2. The zero-order valence-electron chi connectivity index (χ0n) is 17.9. The maximum absolute atomic E-state index is 2.49. The Labute approximate surface area is 195 Å². The molecular formula is C31H19NS. The molecule has 2 heterocycles. The van der Waals surface area contributed by atoms with Gasteiger partial charge in [0, 0.05) is 26.2 Å². The Kier molecular flexibility index (Phi) is 3.39. The molecule has 8 rings (SSSR count). The second-order valence-corrected chi connectivity index (χ2v) is 10.0. The highest BCUT2D eigenvalue weighted by molar-refractivity contribution is 7.26. The van der Waals surface area contributed by atoms with Crippen LogP contribution < -0.4 is 0 Å². The molecule has 0 fully saturated rings. The lowest BCUT2D eigenvalue weighted by atomic mass is 10.0. The summed E-state index contributed by atoms with van der Waals surface area (Å²) in [5.74, 6) is 0. The molecule has 0 spiro atoms. The van der Waals surface area contributed by atoms with Crippen molar-refractivity contribution >= 4 is 53.3 Å². The Morgan fingerprint density at radius 1 is 0.545 bits per heavy atom. The van der Waals surface area contributed by atoms with Crippen molar-refractivity contribution in [2.24, 2.45) is 0 Å². The molecule has 0 radical (unpaired) electrons. The molecular weight excluding hydrogens is 418 g/mol. The van der Waals surface area contributed by atoms with Gasteiger partial charge in [0.05, 0.1) is 21.4 Å². The lowest BCUT2D eigenvalue weighted by Gasteiger charge is -2.10.